The fourth-order valence-corrected chi connectivity index (χ4v) is 2.19. The van der Waals surface area contributed by atoms with Gasteiger partial charge in [0.1, 0.15) is 0 Å². The van der Waals surface area contributed by atoms with Crippen molar-refractivity contribution in [2.24, 2.45) is 5.41 Å². The lowest BCUT2D eigenvalue weighted by Crippen LogP contribution is -2.45. The molecule has 2 amide bonds. The summed E-state index contributed by atoms with van der Waals surface area (Å²) in [6.45, 7) is 3.87. The Labute approximate surface area is 116 Å². The van der Waals surface area contributed by atoms with Gasteiger partial charge in [0, 0.05) is 19.0 Å². The summed E-state index contributed by atoms with van der Waals surface area (Å²) < 4.78 is 0. The number of carbonyl (C=O) groups excluding carboxylic acids is 2. The molecule has 0 unspecified atom stereocenters. The van der Waals surface area contributed by atoms with E-state index in [-0.39, 0.29) is 29.3 Å². The number of hydrogen-bond acceptors (Lipinski definition) is 4. The number of hydrogen-bond donors (Lipinski definition) is 1. The Morgan fingerprint density at radius 2 is 1.90 bits per heavy atom. The first-order valence-electron chi connectivity index (χ1n) is 6.30. The van der Waals surface area contributed by atoms with E-state index in [1.165, 1.54) is 23.2 Å². The highest BCUT2D eigenvalue weighted by Crippen LogP contribution is 2.31. The Balaban J connectivity index is 2.11. The lowest BCUT2D eigenvalue weighted by molar-refractivity contribution is -0.153. The summed E-state index contributed by atoms with van der Waals surface area (Å²) >= 11 is 0. The number of piperidine rings is 1. The molecule has 106 valence electrons. The molecule has 1 N–H and O–H groups in total. The standard InChI is InChI=1S/C14H16N2O4/c1-14(2)5-11(17)16(12(18)6-14)8-10-4-3-9(7-15-10)13(19)20/h3-4,7H,5-6,8H2,1-2H3,(H,19,20). The van der Waals surface area contributed by atoms with Gasteiger partial charge >= 0.3 is 5.97 Å². The molecular formula is C14H16N2O4. The van der Waals surface area contributed by atoms with Crippen LogP contribution in [0.5, 0.6) is 0 Å². The van der Waals surface area contributed by atoms with Gasteiger partial charge in [-0.05, 0) is 17.5 Å². The van der Waals surface area contributed by atoms with Gasteiger partial charge in [-0.15, -0.1) is 0 Å². The molecule has 0 atom stereocenters. The van der Waals surface area contributed by atoms with E-state index in [1.807, 2.05) is 13.8 Å². The summed E-state index contributed by atoms with van der Waals surface area (Å²) in [4.78, 5) is 39.8. The monoisotopic (exact) mass is 276 g/mol. The van der Waals surface area contributed by atoms with Crippen molar-refractivity contribution in [2.75, 3.05) is 0 Å². The van der Waals surface area contributed by atoms with Crippen molar-refractivity contribution in [1.82, 2.24) is 9.88 Å². The van der Waals surface area contributed by atoms with Crippen LogP contribution in [0.1, 0.15) is 42.7 Å². The van der Waals surface area contributed by atoms with Crippen molar-refractivity contribution in [3.8, 4) is 0 Å². The van der Waals surface area contributed by atoms with Gasteiger partial charge in [-0.3, -0.25) is 19.5 Å². The fraction of sp³-hybridized carbons (Fsp3) is 0.429. The number of amides is 2. The number of likely N-dealkylation sites (tertiary alicyclic amines) is 1. The number of carboxylic acid groups (broad SMARTS) is 1. The van der Waals surface area contributed by atoms with E-state index in [2.05, 4.69) is 4.98 Å². The third-order valence-electron chi connectivity index (χ3n) is 3.25. The molecule has 0 radical (unpaired) electrons. The summed E-state index contributed by atoms with van der Waals surface area (Å²) in [7, 11) is 0. The molecule has 1 aliphatic rings. The molecule has 2 heterocycles. The summed E-state index contributed by atoms with van der Waals surface area (Å²) in [6.07, 6.45) is 1.87. The van der Waals surface area contributed by atoms with E-state index in [0.29, 0.717) is 18.5 Å². The van der Waals surface area contributed by atoms with E-state index in [9.17, 15) is 14.4 Å². The Morgan fingerprint density at radius 1 is 1.30 bits per heavy atom. The van der Waals surface area contributed by atoms with Crippen LogP contribution < -0.4 is 0 Å². The molecule has 6 heteroatoms. The molecule has 0 aromatic carbocycles. The lowest BCUT2D eigenvalue weighted by atomic mass is 9.82. The van der Waals surface area contributed by atoms with Crippen LogP contribution in [0.2, 0.25) is 0 Å². The third kappa shape index (κ3) is 3.01. The molecule has 1 saturated heterocycles. The van der Waals surface area contributed by atoms with Crippen LogP contribution in [0, 0.1) is 5.41 Å². The molecular weight excluding hydrogens is 260 g/mol. The molecule has 1 aromatic rings. The summed E-state index contributed by atoms with van der Waals surface area (Å²) in [5.41, 5.74) is 0.272. The number of aromatic nitrogens is 1. The number of pyridine rings is 1. The molecule has 20 heavy (non-hydrogen) atoms. The minimum absolute atomic E-state index is 0.0752. The van der Waals surface area contributed by atoms with Gasteiger partial charge in [-0.2, -0.15) is 0 Å². The Bertz CT molecular complexity index is 543. The predicted molar refractivity (Wildman–Crippen MR) is 69.8 cm³/mol. The normalized spacial score (nSPS) is 18.2. The Kier molecular flexibility index (Phi) is 3.57. The molecule has 0 saturated carbocycles. The summed E-state index contributed by atoms with van der Waals surface area (Å²) in [5.74, 6) is -1.48. The molecule has 2 rings (SSSR count). The van der Waals surface area contributed by atoms with E-state index >= 15 is 0 Å². The third-order valence-corrected chi connectivity index (χ3v) is 3.25. The molecule has 0 aliphatic carbocycles. The number of rotatable bonds is 3. The van der Waals surface area contributed by atoms with E-state index in [4.69, 9.17) is 5.11 Å². The maximum Gasteiger partial charge on any atom is 0.337 e. The van der Waals surface area contributed by atoms with Gasteiger partial charge in [-0.1, -0.05) is 13.8 Å². The maximum absolute atomic E-state index is 12.0. The Morgan fingerprint density at radius 3 is 2.35 bits per heavy atom. The second-order valence-corrected chi connectivity index (χ2v) is 5.73. The van der Waals surface area contributed by atoms with Crippen molar-refractivity contribution in [2.45, 2.75) is 33.2 Å². The van der Waals surface area contributed by atoms with Crippen LogP contribution in [0.25, 0.3) is 0 Å². The predicted octanol–water partition coefficient (Wildman–Crippen LogP) is 1.45. The van der Waals surface area contributed by atoms with Crippen molar-refractivity contribution in [3.63, 3.8) is 0 Å². The zero-order chi connectivity index (χ0) is 14.9. The molecule has 0 spiro atoms. The van der Waals surface area contributed by atoms with Crippen molar-refractivity contribution >= 4 is 17.8 Å². The van der Waals surface area contributed by atoms with Gasteiger partial charge in [0.15, 0.2) is 0 Å². The largest absolute Gasteiger partial charge is 0.478 e. The highest BCUT2D eigenvalue weighted by atomic mass is 16.4. The molecule has 1 aliphatic heterocycles. The molecule has 0 bridgehead atoms. The van der Waals surface area contributed by atoms with Crippen LogP contribution >= 0.6 is 0 Å². The summed E-state index contributed by atoms with van der Waals surface area (Å²) in [6, 6.07) is 2.93. The van der Waals surface area contributed by atoms with Crippen LogP contribution in [-0.4, -0.2) is 32.8 Å². The topological polar surface area (TPSA) is 87.6 Å². The van der Waals surface area contributed by atoms with Gasteiger partial charge in [-0.25, -0.2) is 4.79 Å². The lowest BCUT2D eigenvalue weighted by Gasteiger charge is -2.34. The van der Waals surface area contributed by atoms with E-state index in [0.717, 1.165) is 0 Å². The van der Waals surface area contributed by atoms with Gasteiger partial charge < -0.3 is 5.11 Å². The van der Waals surface area contributed by atoms with Crippen molar-refractivity contribution < 1.29 is 19.5 Å². The van der Waals surface area contributed by atoms with Gasteiger partial charge in [0.2, 0.25) is 11.8 Å². The minimum Gasteiger partial charge on any atom is -0.478 e. The van der Waals surface area contributed by atoms with Crippen LogP contribution in [0.3, 0.4) is 0 Å². The molecule has 6 nitrogen and oxygen atoms in total. The van der Waals surface area contributed by atoms with E-state index < -0.39 is 5.97 Å². The molecule has 1 aromatic heterocycles. The van der Waals surface area contributed by atoms with Crippen LogP contribution in [0.4, 0.5) is 0 Å². The number of aromatic carboxylic acids is 1. The number of carboxylic acids is 1. The zero-order valence-electron chi connectivity index (χ0n) is 11.4. The number of nitrogens with zero attached hydrogens (tertiary/aromatic N) is 2. The smallest absolute Gasteiger partial charge is 0.337 e. The maximum atomic E-state index is 12.0. The van der Waals surface area contributed by atoms with E-state index in [1.54, 1.807) is 0 Å². The second-order valence-electron chi connectivity index (χ2n) is 5.73. The van der Waals surface area contributed by atoms with Crippen LogP contribution in [-0.2, 0) is 16.1 Å². The molecule has 1 fully saturated rings. The first-order valence-corrected chi connectivity index (χ1v) is 6.30. The number of carbonyl (C=O) groups is 3. The highest BCUT2D eigenvalue weighted by molar-refractivity contribution is 5.98. The first-order chi connectivity index (χ1) is 9.28. The minimum atomic E-state index is -1.06. The average molecular weight is 276 g/mol. The highest BCUT2D eigenvalue weighted by Gasteiger charge is 2.37. The van der Waals surface area contributed by atoms with Gasteiger partial charge in [0.25, 0.3) is 0 Å². The summed E-state index contributed by atoms with van der Waals surface area (Å²) in [5, 5.41) is 8.78. The Hall–Kier alpha value is -2.24. The van der Waals surface area contributed by atoms with Crippen molar-refractivity contribution in [3.05, 3.63) is 29.6 Å². The average Bonchev–Trinajstić information content (AvgIpc) is 2.33. The van der Waals surface area contributed by atoms with Crippen molar-refractivity contribution in [1.29, 1.82) is 0 Å². The number of imide groups is 1. The first kappa shape index (κ1) is 14.2. The van der Waals surface area contributed by atoms with Gasteiger partial charge in [0.05, 0.1) is 17.8 Å². The zero-order valence-corrected chi connectivity index (χ0v) is 11.4. The SMILES string of the molecule is CC1(C)CC(=O)N(Cc2ccc(C(=O)O)cn2)C(=O)C1. The quantitative estimate of drug-likeness (QED) is 0.844. The fourth-order valence-electron chi connectivity index (χ4n) is 2.19. The van der Waals surface area contributed by atoms with Crippen LogP contribution in [0.15, 0.2) is 18.3 Å². The second kappa shape index (κ2) is 5.03.